The van der Waals surface area contributed by atoms with E-state index in [9.17, 15) is 8.42 Å². The number of aromatic nitrogens is 1. The molecule has 5 nitrogen and oxygen atoms in total. The molecule has 1 aliphatic heterocycles. The lowest BCUT2D eigenvalue weighted by Crippen LogP contribution is -2.33. The molecule has 0 amide bonds. The summed E-state index contributed by atoms with van der Waals surface area (Å²) in [4.78, 5) is 7.30. The second-order valence-electron chi connectivity index (χ2n) is 9.59. The number of benzene rings is 2. The summed E-state index contributed by atoms with van der Waals surface area (Å²) >= 11 is 0. The standard InChI is InChI=1S/C29H34N2O3S/c1-22(2)20-31-16-14-24(15-17-31)7-6-18-35(32,33)27-12-10-26(11-13-27)34-21-25-19-23(3)30-29-9-5-4-8-28(25)29/h4-13,18-19,22H,14-17,20-21H2,1-3H3/b18-6-. The Morgan fingerprint density at radius 1 is 1.06 bits per heavy atom. The van der Waals surface area contributed by atoms with Gasteiger partial charge >= 0.3 is 0 Å². The van der Waals surface area contributed by atoms with E-state index in [1.54, 1.807) is 30.3 Å². The number of sulfone groups is 1. The highest BCUT2D eigenvalue weighted by Gasteiger charge is 2.15. The largest absolute Gasteiger partial charge is 0.489 e. The van der Waals surface area contributed by atoms with Crippen LogP contribution in [0.5, 0.6) is 5.75 Å². The molecule has 0 aliphatic carbocycles. The molecule has 184 valence electrons. The number of ether oxygens (including phenoxy) is 1. The Morgan fingerprint density at radius 2 is 1.77 bits per heavy atom. The van der Waals surface area contributed by atoms with Crippen molar-refractivity contribution < 1.29 is 13.2 Å². The SMILES string of the molecule is Cc1cc(COc2ccc(S(=O)(=O)/C=C\C=C3CCN(CC(C)C)CC3)cc2)c2ccccc2n1. The van der Waals surface area contributed by atoms with Gasteiger partial charge in [-0.15, -0.1) is 0 Å². The number of allylic oxidation sites excluding steroid dienone is 2. The van der Waals surface area contributed by atoms with E-state index >= 15 is 0 Å². The molecule has 6 heteroatoms. The predicted octanol–water partition coefficient (Wildman–Crippen LogP) is 6.09. The molecule has 0 unspecified atom stereocenters. The van der Waals surface area contributed by atoms with Crippen molar-refractivity contribution in [2.45, 2.75) is 45.1 Å². The van der Waals surface area contributed by atoms with E-state index in [2.05, 4.69) is 23.7 Å². The van der Waals surface area contributed by atoms with Crippen molar-refractivity contribution in [1.29, 1.82) is 0 Å². The Kier molecular flexibility index (Phi) is 8.04. The van der Waals surface area contributed by atoms with Gasteiger partial charge in [0.2, 0.25) is 0 Å². The lowest BCUT2D eigenvalue weighted by atomic mass is 10.0. The first kappa shape index (κ1) is 25.1. The quantitative estimate of drug-likeness (QED) is 0.383. The molecule has 1 aromatic heterocycles. The van der Waals surface area contributed by atoms with Crippen molar-refractivity contribution in [2.75, 3.05) is 19.6 Å². The van der Waals surface area contributed by atoms with Gasteiger partial charge in [0.15, 0.2) is 9.84 Å². The molecule has 3 aromatic rings. The van der Waals surface area contributed by atoms with Gasteiger partial charge in [0.05, 0.1) is 10.4 Å². The topological polar surface area (TPSA) is 59.5 Å². The van der Waals surface area contributed by atoms with Crippen LogP contribution in [-0.2, 0) is 16.4 Å². The summed E-state index contributed by atoms with van der Waals surface area (Å²) in [6.07, 6.45) is 5.62. The van der Waals surface area contributed by atoms with Gasteiger partial charge in [-0.3, -0.25) is 4.98 Å². The Hall–Kier alpha value is -2.96. The molecular formula is C29H34N2O3S. The Bertz CT molecular complexity index is 1320. The van der Waals surface area contributed by atoms with Crippen molar-refractivity contribution >= 4 is 20.7 Å². The lowest BCUT2D eigenvalue weighted by Gasteiger charge is -2.29. The van der Waals surface area contributed by atoms with Crippen LogP contribution in [0, 0.1) is 12.8 Å². The maximum Gasteiger partial charge on any atom is 0.199 e. The molecule has 0 saturated carbocycles. The summed E-state index contributed by atoms with van der Waals surface area (Å²) in [5.41, 5.74) is 4.23. The van der Waals surface area contributed by atoms with Crippen LogP contribution in [0.3, 0.4) is 0 Å². The second kappa shape index (κ2) is 11.2. The monoisotopic (exact) mass is 490 g/mol. The van der Waals surface area contributed by atoms with Crippen LogP contribution in [0.15, 0.2) is 82.6 Å². The molecule has 35 heavy (non-hydrogen) atoms. The maximum absolute atomic E-state index is 12.7. The third kappa shape index (κ3) is 6.80. The molecule has 1 aliphatic rings. The molecule has 1 saturated heterocycles. The number of rotatable bonds is 8. The van der Waals surface area contributed by atoms with Crippen LogP contribution >= 0.6 is 0 Å². The summed E-state index contributed by atoms with van der Waals surface area (Å²) in [5.74, 6) is 1.30. The number of likely N-dealkylation sites (tertiary alicyclic amines) is 1. The zero-order chi connectivity index (χ0) is 24.8. The van der Waals surface area contributed by atoms with Gasteiger partial charge in [0.25, 0.3) is 0 Å². The molecule has 0 N–H and O–H groups in total. The van der Waals surface area contributed by atoms with E-state index in [0.717, 1.165) is 54.6 Å². The van der Waals surface area contributed by atoms with Gasteiger partial charge in [-0.05, 0) is 62.1 Å². The number of fused-ring (bicyclic) bond motifs is 1. The highest BCUT2D eigenvalue weighted by atomic mass is 32.2. The predicted molar refractivity (Wildman–Crippen MR) is 142 cm³/mol. The average molecular weight is 491 g/mol. The van der Waals surface area contributed by atoms with Gasteiger partial charge in [-0.25, -0.2) is 8.42 Å². The number of aryl methyl sites for hydroxylation is 1. The number of hydrogen-bond donors (Lipinski definition) is 0. The summed E-state index contributed by atoms with van der Waals surface area (Å²) in [7, 11) is -3.51. The first-order valence-electron chi connectivity index (χ1n) is 12.2. The van der Waals surface area contributed by atoms with Crippen LogP contribution in [0.1, 0.15) is 37.9 Å². The number of para-hydroxylation sites is 1. The zero-order valence-corrected chi connectivity index (χ0v) is 21.6. The average Bonchev–Trinajstić information content (AvgIpc) is 2.83. The fourth-order valence-electron chi connectivity index (χ4n) is 4.46. The van der Waals surface area contributed by atoms with Crippen LogP contribution in [0.25, 0.3) is 10.9 Å². The third-order valence-corrected chi connectivity index (χ3v) is 7.63. The molecule has 2 heterocycles. The van der Waals surface area contributed by atoms with Crippen molar-refractivity contribution in [1.82, 2.24) is 9.88 Å². The van der Waals surface area contributed by atoms with Crippen molar-refractivity contribution in [3.05, 3.63) is 89.0 Å². The molecule has 4 rings (SSSR count). The Morgan fingerprint density at radius 3 is 2.49 bits per heavy atom. The number of piperidine rings is 1. The maximum atomic E-state index is 12.7. The summed E-state index contributed by atoms with van der Waals surface area (Å²) in [6.45, 7) is 10.0. The van der Waals surface area contributed by atoms with Gasteiger partial charge in [0.1, 0.15) is 12.4 Å². The van der Waals surface area contributed by atoms with E-state index in [1.807, 2.05) is 43.3 Å². The molecular weight excluding hydrogens is 456 g/mol. The van der Waals surface area contributed by atoms with E-state index in [1.165, 1.54) is 11.0 Å². The van der Waals surface area contributed by atoms with E-state index in [0.29, 0.717) is 18.3 Å². The highest BCUT2D eigenvalue weighted by molar-refractivity contribution is 7.94. The molecule has 0 spiro atoms. The van der Waals surface area contributed by atoms with Crippen LogP contribution < -0.4 is 4.74 Å². The van der Waals surface area contributed by atoms with E-state index in [4.69, 9.17) is 4.74 Å². The Balaban J connectivity index is 1.36. The van der Waals surface area contributed by atoms with Crippen molar-refractivity contribution in [3.63, 3.8) is 0 Å². The third-order valence-electron chi connectivity index (χ3n) is 6.19. The fourth-order valence-corrected chi connectivity index (χ4v) is 5.42. The van der Waals surface area contributed by atoms with Crippen LogP contribution in [0.4, 0.5) is 0 Å². The molecule has 2 aromatic carbocycles. The summed E-state index contributed by atoms with van der Waals surface area (Å²) in [6, 6.07) is 16.6. The van der Waals surface area contributed by atoms with Gasteiger partial charge in [-0.1, -0.05) is 49.8 Å². The second-order valence-corrected chi connectivity index (χ2v) is 11.4. The molecule has 0 radical (unpaired) electrons. The first-order chi connectivity index (χ1) is 16.8. The summed E-state index contributed by atoms with van der Waals surface area (Å²) in [5, 5.41) is 2.35. The zero-order valence-electron chi connectivity index (χ0n) is 20.8. The van der Waals surface area contributed by atoms with E-state index < -0.39 is 9.84 Å². The molecule has 0 atom stereocenters. The van der Waals surface area contributed by atoms with E-state index in [-0.39, 0.29) is 4.90 Å². The highest BCUT2D eigenvalue weighted by Crippen LogP contribution is 2.23. The van der Waals surface area contributed by atoms with Gasteiger partial charge in [-0.2, -0.15) is 0 Å². The van der Waals surface area contributed by atoms with Crippen LogP contribution in [-0.4, -0.2) is 37.9 Å². The molecule has 0 bridgehead atoms. The molecule has 1 fully saturated rings. The first-order valence-corrected chi connectivity index (χ1v) is 13.8. The van der Waals surface area contributed by atoms with Gasteiger partial charge < -0.3 is 9.64 Å². The minimum absolute atomic E-state index is 0.261. The lowest BCUT2D eigenvalue weighted by molar-refractivity contribution is 0.229. The minimum atomic E-state index is -3.51. The minimum Gasteiger partial charge on any atom is -0.489 e. The fraction of sp³-hybridized carbons (Fsp3) is 0.345. The number of hydrogen-bond acceptors (Lipinski definition) is 5. The van der Waals surface area contributed by atoms with Gasteiger partial charge in [0, 0.05) is 41.7 Å². The normalized spacial score (nSPS) is 15.3. The van der Waals surface area contributed by atoms with Crippen LogP contribution in [0.2, 0.25) is 0 Å². The Labute approximate surface area is 209 Å². The summed E-state index contributed by atoms with van der Waals surface area (Å²) < 4.78 is 31.5. The van der Waals surface area contributed by atoms with Crippen molar-refractivity contribution in [3.8, 4) is 5.75 Å². The number of pyridine rings is 1. The number of nitrogens with zero attached hydrogens (tertiary/aromatic N) is 2. The smallest absolute Gasteiger partial charge is 0.199 e. The van der Waals surface area contributed by atoms with Crippen molar-refractivity contribution in [2.24, 2.45) is 5.92 Å².